The van der Waals surface area contributed by atoms with Gasteiger partial charge in [0.05, 0.1) is 6.04 Å². The maximum absolute atomic E-state index is 4.73. The van der Waals surface area contributed by atoms with Crippen LogP contribution in [-0.4, -0.2) is 25.9 Å². The van der Waals surface area contributed by atoms with Crippen LogP contribution in [0.2, 0.25) is 0 Å². The third-order valence-electron chi connectivity index (χ3n) is 3.62. The van der Waals surface area contributed by atoms with Gasteiger partial charge in [0.2, 0.25) is 0 Å². The molecule has 1 aliphatic rings. The number of nitrogens with zero attached hydrogens (tertiary/aromatic N) is 4. The Morgan fingerprint density at radius 3 is 2.94 bits per heavy atom. The van der Waals surface area contributed by atoms with Gasteiger partial charge in [-0.2, -0.15) is 5.10 Å². The van der Waals surface area contributed by atoms with Crippen molar-refractivity contribution in [2.24, 2.45) is 13.0 Å². The van der Waals surface area contributed by atoms with Crippen LogP contribution in [0.25, 0.3) is 11.5 Å². The second kappa shape index (κ2) is 4.15. The zero-order valence-electron chi connectivity index (χ0n) is 11.1. The minimum absolute atomic E-state index is 0.482. The standard InChI is InChI=1S/C13H19N5/c1-9(2)11-4-5-14-12-8-10(16-18(11)12)13-15-6-7-17(13)3/h6-9,11,14H,4-5H2,1-3H3. The fraction of sp³-hybridized carbons (Fsp3) is 0.538. The summed E-state index contributed by atoms with van der Waals surface area (Å²) in [5.41, 5.74) is 0.942. The Morgan fingerprint density at radius 2 is 2.28 bits per heavy atom. The SMILES string of the molecule is CC(C)C1CCNc2cc(-c3nccn3C)nn21. The molecule has 1 N–H and O–H groups in total. The molecule has 1 unspecified atom stereocenters. The first-order chi connectivity index (χ1) is 8.66. The second-order valence-corrected chi connectivity index (χ2v) is 5.25. The zero-order chi connectivity index (χ0) is 12.7. The molecular weight excluding hydrogens is 226 g/mol. The summed E-state index contributed by atoms with van der Waals surface area (Å²) in [6.45, 7) is 5.53. The van der Waals surface area contributed by atoms with Gasteiger partial charge in [-0.25, -0.2) is 9.67 Å². The molecule has 5 nitrogen and oxygen atoms in total. The summed E-state index contributed by atoms with van der Waals surface area (Å²) in [6, 6.07) is 2.58. The fourth-order valence-corrected chi connectivity index (χ4v) is 2.59. The highest BCUT2D eigenvalue weighted by Crippen LogP contribution is 2.31. The van der Waals surface area contributed by atoms with E-state index in [1.54, 1.807) is 6.20 Å². The van der Waals surface area contributed by atoms with Crippen molar-refractivity contribution >= 4 is 5.82 Å². The van der Waals surface area contributed by atoms with Gasteiger partial charge in [0.1, 0.15) is 11.5 Å². The summed E-state index contributed by atoms with van der Waals surface area (Å²) in [5, 5.41) is 8.14. The van der Waals surface area contributed by atoms with Gasteiger partial charge in [-0.15, -0.1) is 0 Å². The molecule has 2 aromatic heterocycles. The lowest BCUT2D eigenvalue weighted by Gasteiger charge is -2.28. The van der Waals surface area contributed by atoms with Gasteiger partial charge in [-0.3, -0.25) is 0 Å². The molecular formula is C13H19N5. The first-order valence-electron chi connectivity index (χ1n) is 6.48. The molecule has 3 heterocycles. The molecule has 96 valence electrons. The zero-order valence-corrected chi connectivity index (χ0v) is 11.1. The number of rotatable bonds is 2. The highest BCUT2D eigenvalue weighted by Gasteiger charge is 2.25. The van der Waals surface area contributed by atoms with E-state index in [1.165, 1.54) is 0 Å². The summed E-state index contributed by atoms with van der Waals surface area (Å²) in [5.74, 6) is 2.62. The molecule has 0 aliphatic carbocycles. The third kappa shape index (κ3) is 1.70. The van der Waals surface area contributed by atoms with Crippen molar-refractivity contribution in [3.63, 3.8) is 0 Å². The molecule has 0 fully saturated rings. The Morgan fingerprint density at radius 1 is 1.44 bits per heavy atom. The molecule has 1 atom stereocenters. The van der Waals surface area contributed by atoms with Crippen LogP contribution < -0.4 is 5.32 Å². The van der Waals surface area contributed by atoms with Crippen LogP contribution in [0.4, 0.5) is 5.82 Å². The maximum atomic E-state index is 4.73. The van der Waals surface area contributed by atoms with Crippen LogP contribution in [0.1, 0.15) is 26.3 Å². The molecule has 0 saturated carbocycles. The van der Waals surface area contributed by atoms with Crippen molar-refractivity contribution < 1.29 is 0 Å². The predicted molar refractivity (Wildman–Crippen MR) is 71.4 cm³/mol. The van der Waals surface area contributed by atoms with Gasteiger partial charge >= 0.3 is 0 Å². The van der Waals surface area contributed by atoms with Gasteiger partial charge in [0.15, 0.2) is 5.82 Å². The Hall–Kier alpha value is -1.78. The summed E-state index contributed by atoms with van der Waals surface area (Å²) >= 11 is 0. The summed E-state index contributed by atoms with van der Waals surface area (Å²) in [7, 11) is 1.99. The van der Waals surface area contributed by atoms with Crippen molar-refractivity contribution in [1.29, 1.82) is 0 Å². The maximum Gasteiger partial charge on any atom is 0.160 e. The molecule has 0 aromatic carbocycles. The predicted octanol–water partition coefficient (Wildman–Crippen LogP) is 2.30. The van der Waals surface area contributed by atoms with Gasteiger partial charge < -0.3 is 9.88 Å². The second-order valence-electron chi connectivity index (χ2n) is 5.25. The number of fused-ring (bicyclic) bond motifs is 1. The van der Waals surface area contributed by atoms with Crippen molar-refractivity contribution in [2.75, 3.05) is 11.9 Å². The number of hydrogen-bond acceptors (Lipinski definition) is 3. The molecule has 3 rings (SSSR count). The molecule has 0 bridgehead atoms. The largest absolute Gasteiger partial charge is 0.370 e. The molecule has 0 amide bonds. The monoisotopic (exact) mass is 245 g/mol. The van der Waals surface area contributed by atoms with Crippen LogP contribution in [-0.2, 0) is 7.05 Å². The highest BCUT2D eigenvalue weighted by molar-refractivity contribution is 5.57. The average molecular weight is 245 g/mol. The third-order valence-corrected chi connectivity index (χ3v) is 3.62. The Balaban J connectivity index is 2.04. The van der Waals surface area contributed by atoms with Gasteiger partial charge in [-0.1, -0.05) is 13.8 Å². The number of anilines is 1. The van der Waals surface area contributed by atoms with Gasteiger partial charge in [0.25, 0.3) is 0 Å². The summed E-state index contributed by atoms with van der Waals surface area (Å²) in [4.78, 5) is 4.36. The lowest BCUT2D eigenvalue weighted by Crippen LogP contribution is -2.26. The van der Waals surface area contributed by atoms with E-state index in [0.29, 0.717) is 12.0 Å². The van der Waals surface area contributed by atoms with E-state index in [9.17, 15) is 0 Å². The Labute approximate surface area is 107 Å². The van der Waals surface area contributed by atoms with E-state index >= 15 is 0 Å². The smallest absolute Gasteiger partial charge is 0.160 e. The van der Waals surface area contributed by atoms with E-state index in [2.05, 4.69) is 34.9 Å². The minimum Gasteiger partial charge on any atom is -0.370 e. The topological polar surface area (TPSA) is 47.7 Å². The van der Waals surface area contributed by atoms with E-state index in [0.717, 1.165) is 30.3 Å². The van der Waals surface area contributed by atoms with Crippen molar-refractivity contribution in [1.82, 2.24) is 19.3 Å². The van der Waals surface area contributed by atoms with Crippen LogP contribution in [0.15, 0.2) is 18.5 Å². The fourth-order valence-electron chi connectivity index (χ4n) is 2.59. The van der Waals surface area contributed by atoms with E-state index in [-0.39, 0.29) is 0 Å². The van der Waals surface area contributed by atoms with Crippen molar-refractivity contribution in [2.45, 2.75) is 26.3 Å². The molecule has 0 saturated heterocycles. The Bertz CT molecular complexity index is 551. The van der Waals surface area contributed by atoms with E-state index in [1.807, 2.05) is 17.8 Å². The van der Waals surface area contributed by atoms with E-state index in [4.69, 9.17) is 5.10 Å². The highest BCUT2D eigenvalue weighted by atomic mass is 15.4. The lowest BCUT2D eigenvalue weighted by molar-refractivity contribution is 0.323. The number of imidazole rings is 1. The lowest BCUT2D eigenvalue weighted by atomic mass is 10.00. The molecule has 0 spiro atoms. The molecule has 2 aromatic rings. The number of aryl methyl sites for hydroxylation is 1. The summed E-state index contributed by atoms with van der Waals surface area (Å²) in [6.07, 6.45) is 4.88. The number of hydrogen-bond donors (Lipinski definition) is 1. The average Bonchev–Trinajstić information content (AvgIpc) is 2.92. The van der Waals surface area contributed by atoms with E-state index < -0.39 is 0 Å². The van der Waals surface area contributed by atoms with Crippen molar-refractivity contribution in [3.05, 3.63) is 18.5 Å². The first-order valence-corrected chi connectivity index (χ1v) is 6.48. The molecule has 1 aliphatic heterocycles. The number of nitrogens with one attached hydrogen (secondary N) is 1. The van der Waals surface area contributed by atoms with Gasteiger partial charge in [0, 0.05) is 32.1 Å². The van der Waals surface area contributed by atoms with Crippen LogP contribution in [0, 0.1) is 5.92 Å². The first kappa shape index (κ1) is 11.3. The molecule has 18 heavy (non-hydrogen) atoms. The molecule has 0 radical (unpaired) electrons. The Kier molecular flexibility index (Phi) is 2.61. The number of aromatic nitrogens is 4. The van der Waals surface area contributed by atoms with Crippen LogP contribution in [0.5, 0.6) is 0 Å². The van der Waals surface area contributed by atoms with Gasteiger partial charge in [-0.05, 0) is 12.3 Å². The molecule has 5 heteroatoms. The van der Waals surface area contributed by atoms with Crippen molar-refractivity contribution in [3.8, 4) is 11.5 Å². The normalized spacial score (nSPS) is 18.8. The van der Waals surface area contributed by atoms with Crippen LogP contribution in [0.3, 0.4) is 0 Å². The van der Waals surface area contributed by atoms with Crippen LogP contribution >= 0.6 is 0 Å². The minimum atomic E-state index is 0.482. The quantitative estimate of drug-likeness (QED) is 0.883. The summed E-state index contributed by atoms with van der Waals surface area (Å²) < 4.78 is 4.12.